The highest BCUT2D eigenvalue weighted by Crippen LogP contribution is 2.29. The molecule has 8 rings (SSSR count). The van der Waals surface area contributed by atoms with Crippen molar-refractivity contribution in [3.05, 3.63) is 262 Å². The maximum atomic E-state index is 2.29. The van der Waals surface area contributed by atoms with E-state index < -0.39 is 0 Å². The Kier molecular flexibility index (Phi) is 10.4. The van der Waals surface area contributed by atoms with E-state index >= 15 is 0 Å². The van der Waals surface area contributed by atoms with Gasteiger partial charge in [-0.15, -0.1) is 0 Å². The molecule has 0 spiro atoms. The van der Waals surface area contributed by atoms with Gasteiger partial charge in [-0.05, 0) is 102 Å². The Morgan fingerprint density at radius 3 is 0.852 bits per heavy atom. The van der Waals surface area contributed by atoms with Gasteiger partial charge in [0.1, 0.15) is 0 Å². The molecule has 8 aromatic rings. The molecule has 0 aliphatic rings. The molecule has 0 heteroatoms. The second-order valence-corrected chi connectivity index (χ2v) is 13.4. The van der Waals surface area contributed by atoms with Crippen molar-refractivity contribution >= 4 is 58.4 Å². The summed E-state index contributed by atoms with van der Waals surface area (Å²) in [6.45, 7) is 0. The van der Waals surface area contributed by atoms with Gasteiger partial charge < -0.3 is 0 Å². The quantitative estimate of drug-likeness (QED) is 0.125. The maximum absolute atomic E-state index is 2.29. The fraction of sp³-hybridized carbons (Fsp3) is 0. The fourth-order valence-corrected chi connectivity index (χ4v) is 6.81. The van der Waals surface area contributed by atoms with Crippen molar-refractivity contribution in [3.8, 4) is 0 Å². The van der Waals surface area contributed by atoms with Crippen LogP contribution in [0.5, 0.6) is 0 Å². The van der Waals surface area contributed by atoms with Crippen molar-refractivity contribution in [1.82, 2.24) is 0 Å². The minimum Gasteiger partial charge on any atom is -0.0622 e. The number of benzene rings is 8. The molecular weight excluding hydrogens is 649 g/mol. The number of fused-ring (bicyclic) bond motifs is 1. The Balaban J connectivity index is 1.05. The first kappa shape index (κ1) is 34.1. The largest absolute Gasteiger partial charge is 0.0622 e. The summed E-state index contributed by atoms with van der Waals surface area (Å²) in [5.41, 5.74) is 14.3. The van der Waals surface area contributed by atoms with Crippen LogP contribution in [0.4, 0.5) is 0 Å². The second kappa shape index (κ2) is 16.5. The molecule has 0 nitrogen and oxygen atoms in total. The zero-order valence-corrected chi connectivity index (χ0v) is 30.1. The standard InChI is InChI=1S/C54H40/c1-5-15-45(16-6-1)53(46-17-7-2-8-18-46)37-43-29-25-41(26-30-43)33-35-51-39-49-23-13-14-24-50(49)40-52(51)36-34-42-27-31-44(32-28-42)38-54(47-19-9-3-10-20-47)48-21-11-4-12-22-48/h1-40H/b35-33+,36-34+. The molecule has 0 aliphatic carbocycles. The van der Waals surface area contributed by atoms with Crippen LogP contribution in [-0.4, -0.2) is 0 Å². The van der Waals surface area contributed by atoms with E-state index in [9.17, 15) is 0 Å². The average molecular weight is 689 g/mol. The van der Waals surface area contributed by atoms with Gasteiger partial charge in [0.25, 0.3) is 0 Å². The first-order valence-electron chi connectivity index (χ1n) is 18.5. The van der Waals surface area contributed by atoms with Gasteiger partial charge in [0.15, 0.2) is 0 Å². The predicted octanol–water partition coefficient (Wildman–Crippen LogP) is 14.4. The average Bonchev–Trinajstić information content (AvgIpc) is 3.25. The van der Waals surface area contributed by atoms with E-state index in [0.29, 0.717) is 0 Å². The Morgan fingerprint density at radius 1 is 0.259 bits per heavy atom. The van der Waals surface area contributed by atoms with E-state index in [1.165, 1.54) is 66.4 Å². The molecular formula is C54H40. The lowest BCUT2D eigenvalue weighted by atomic mass is 9.95. The van der Waals surface area contributed by atoms with E-state index in [4.69, 9.17) is 0 Å². The van der Waals surface area contributed by atoms with Gasteiger partial charge in [-0.25, -0.2) is 0 Å². The Labute approximate surface area is 319 Å². The van der Waals surface area contributed by atoms with Crippen LogP contribution in [0.1, 0.15) is 55.6 Å². The van der Waals surface area contributed by atoms with E-state index in [1.807, 2.05) is 0 Å². The van der Waals surface area contributed by atoms with Gasteiger partial charge in [-0.2, -0.15) is 0 Å². The zero-order chi connectivity index (χ0) is 36.4. The topological polar surface area (TPSA) is 0 Å². The Hall–Kier alpha value is -7.02. The highest BCUT2D eigenvalue weighted by Gasteiger charge is 2.07. The van der Waals surface area contributed by atoms with Crippen molar-refractivity contribution in [2.75, 3.05) is 0 Å². The van der Waals surface area contributed by atoms with Gasteiger partial charge in [0.05, 0.1) is 0 Å². The third kappa shape index (κ3) is 8.37. The van der Waals surface area contributed by atoms with E-state index in [-0.39, 0.29) is 0 Å². The maximum Gasteiger partial charge on any atom is -0.0105 e. The summed E-state index contributed by atoms with van der Waals surface area (Å²) in [4.78, 5) is 0. The van der Waals surface area contributed by atoms with Crippen LogP contribution in [0.2, 0.25) is 0 Å². The monoisotopic (exact) mass is 688 g/mol. The van der Waals surface area contributed by atoms with Gasteiger partial charge >= 0.3 is 0 Å². The van der Waals surface area contributed by atoms with Crippen molar-refractivity contribution in [2.45, 2.75) is 0 Å². The molecule has 0 atom stereocenters. The van der Waals surface area contributed by atoms with E-state index in [2.05, 4.69) is 243 Å². The van der Waals surface area contributed by atoms with Gasteiger partial charge in [0.2, 0.25) is 0 Å². The first-order valence-corrected chi connectivity index (χ1v) is 18.5. The lowest BCUT2D eigenvalue weighted by molar-refractivity contribution is 1.55. The van der Waals surface area contributed by atoms with Crippen LogP contribution in [0.25, 0.3) is 58.4 Å². The van der Waals surface area contributed by atoms with Crippen LogP contribution in [0, 0.1) is 0 Å². The van der Waals surface area contributed by atoms with Crippen LogP contribution in [0.3, 0.4) is 0 Å². The molecule has 54 heavy (non-hydrogen) atoms. The van der Waals surface area contributed by atoms with Crippen LogP contribution < -0.4 is 0 Å². The van der Waals surface area contributed by atoms with Crippen LogP contribution in [0.15, 0.2) is 206 Å². The number of hydrogen-bond donors (Lipinski definition) is 0. The molecule has 0 unspecified atom stereocenters. The predicted molar refractivity (Wildman–Crippen MR) is 234 cm³/mol. The Morgan fingerprint density at radius 2 is 0.537 bits per heavy atom. The third-order valence-corrected chi connectivity index (χ3v) is 9.70. The highest BCUT2D eigenvalue weighted by molar-refractivity contribution is 5.94. The fourth-order valence-electron chi connectivity index (χ4n) is 6.81. The molecule has 0 fully saturated rings. The normalized spacial score (nSPS) is 11.2. The summed E-state index contributed by atoms with van der Waals surface area (Å²) < 4.78 is 0. The summed E-state index contributed by atoms with van der Waals surface area (Å²) in [6.07, 6.45) is 13.4. The van der Waals surface area contributed by atoms with Crippen molar-refractivity contribution in [3.63, 3.8) is 0 Å². The SMILES string of the molecule is C(=C(c1ccccc1)c1ccccc1)c1ccc(/C=C/c2cc3ccccc3cc2/C=C/c2ccc(C=C(c3ccccc3)c3ccccc3)cc2)cc1. The van der Waals surface area contributed by atoms with Crippen LogP contribution in [-0.2, 0) is 0 Å². The molecule has 0 N–H and O–H groups in total. The molecule has 256 valence electrons. The highest BCUT2D eigenvalue weighted by atomic mass is 14.1. The van der Waals surface area contributed by atoms with Gasteiger partial charge in [-0.3, -0.25) is 0 Å². The summed E-state index contributed by atoms with van der Waals surface area (Å²) >= 11 is 0. The zero-order valence-electron chi connectivity index (χ0n) is 30.1. The van der Waals surface area contributed by atoms with Gasteiger partial charge in [-0.1, -0.05) is 218 Å². The number of rotatable bonds is 10. The molecule has 0 radical (unpaired) electrons. The van der Waals surface area contributed by atoms with Crippen molar-refractivity contribution in [1.29, 1.82) is 0 Å². The molecule has 0 heterocycles. The lowest BCUT2D eigenvalue weighted by Gasteiger charge is -2.09. The molecule has 0 amide bonds. The number of hydrogen-bond acceptors (Lipinski definition) is 0. The molecule has 8 aromatic carbocycles. The molecule has 0 aliphatic heterocycles. The van der Waals surface area contributed by atoms with Gasteiger partial charge in [0, 0.05) is 0 Å². The molecule has 0 bridgehead atoms. The summed E-state index contributed by atoms with van der Waals surface area (Å²) in [6, 6.07) is 73.2. The van der Waals surface area contributed by atoms with Crippen molar-refractivity contribution in [2.24, 2.45) is 0 Å². The van der Waals surface area contributed by atoms with E-state index in [0.717, 1.165) is 11.1 Å². The Bertz CT molecular complexity index is 2300. The minimum absolute atomic E-state index is 1.16. The van der Waals surface area contributed by atoms with Crippen LogP contribution >= 0.6 is 0 Å². The minimum atomic E-state index is 1.16. The summed E-state index contributed by atoms with van der Waals surface area (Å²) in [5.74, 6) is 0. The summed E-state index contributed by atoms with van der Waals surface area (Å²) in [7, 11) is 0. The van der Waals surface area contributed by atoms with Crippen molar-refractivity contribution < 1.29 is 0 Å². The first-order chi connectivity index (χ1) is 26.7. The lowest BCUT2D eigenvalue weighted by Crippen LogP contribution is -1.88. The summed E-state index contributed by atoms with van der Waals surface area (Å²) in [5, 5.41) is 2.46. The molecule has 0 saturated carbocycles. The smallest absolute Gasteiger partial charge is 0.0105 e. The van der Waals surface area contributed by atoms with E-state index in [1.54, 1.807) is 0 Å². The third-order valence-electron chi connectivity index (χ3n) is 9.70. The molecule has 0 saturated heterocycles. The second-order valence-electron chi connectivity index (χ2n) is 13.4. The molecule has 0 aromatic heterocycles.